The van der Waals surface area contributed by atoms with Crippen LogP contribution in [-0.4, -0.2) is 32.2 Å². The number of nitrogens with zero attached hydrogens (tertiary/aromatic N) is 1. The Hall–Kier alpha value is -1.88. The van der Waals surface area contributed by atoms with Gasteiger partial charge in [-0.2, -0.15) is 0 Å². The molecular formula is C12H14FNO3. The predicted octanol–water partition coefficient (Wildman–Crippen LogP) is 1.87. The van der Waals surface area contributed by atoms with Gasteiger partial charge < -0.3 is 4.74 Å². The monoisotopic (exact) mass is 239 g/mol. The first-order chi connectivity index (χ1) is 8.08. The quantitative estimate of drug-likeness (QED) is 0.594. The maximum atomic E-state index is 12.9. The molecule has 0 aliphatic carbocycles. The van der Waals surface area contributed by atoms with Gasteiger partial charge in [-0.1, -0.05) is 0 Å². The molecule has 0 aliphatic heterocycles. The zero-order chi connectivity index (χ0) is 12.8. The van der Waals surface area contributed by atoms with Gasteiger partial charge in [0.15, 0.2) is 0 Å². The summed E-state index contributed by atoms with van der Waals surface area (Å²) >= 11 is 0. The van der Waals surface area contributed by atoms with E-state index in [4.69, 9.17) is 9.57 Å². The summed E-state index contributed by atoms with van der Waals surface area (Å²) in [5.74, 6) is -0.340. The van der Waals surface area contributed by atoms with E-state index < -0.39 is 0 Å². The Labute approximate surface area is 99.2 Å². The third-order valence-electron chi connectivity index (χ3n) is 2.19. The first-order valence-electron chi connectivity index (χ1n) is 4.92. The van der Waals surface area contributed by atoms with Crippen LogP contribution in [0.5, 0.6) is 5.75 Å². The first-order valence-corrected chi connectivity index (χ1v) is 4.92. The number of methoxy groups -OCH3 is 1. The number of likely N-dealkylation sites (N-methyl/N-ethyl adjacent to an activating group) is 1. The summed E-state index contributed by atoms with van der Waals surface area (Å²) < 4.78 is 17.9. The van der Waals surface area contributed by atoms with Gasteiger partial charge in [0.2, 0.25) is 0 Å². The van der Waals surface area contributed by atoms with Crippen LogP contribution in [0.15, 0.2) is 24.3 Å². The van der Waals surface area contributed by atoms with Gasteiger partial charge in [-0.25, -0.2) is 9.45 Å². The minimum Gasteiger partial charge on any atom is -0.496 e. The molecule has 0 atom stereocenters. The van der Waals surface area contributed by atoms with Crippen molar-refractivity contribution >= 4 is 12.0 Å². The summed E-state index contributed by atoms with van der Waals surface area (Å²) in [6, 6.07) is 4.08. The van der Waals surface area contributed by atoms with E-state index in [9.17, 15) is 9.18 Å². The average molecular weight is 239 g/mol. The molecule has 0 heterocycles. The van der Waals surface area contributed by atoms with Crippen LogP contribution in [0.4, 0.5) is 4.39 Å². The van der Waals surface area contributed by atoms with E-state index in [-0.39, 0.29) is 11.7 Å². The molecule has 0 radical (unpaired) electrons. The smallest absolute Gasteiger partial charge is 0.269 e. The summed E-state index contributed by atoms with van der Waals surface area (Å²) in [7, 11) is 4.33. The zero-order valence-electron chi connectivity index (χ0n) is 9.94. The van der Waals surface area contributed by atoms with Crippen molar-refractivity contribution in [3.8, 4) is 5.75 Å². The number of rotatable bonds is 4. The summed E-state index contributed by atoms with van der Waals surface area (Å²) in [6.07, 6.45) is 2.86. The van der Waals surface area contributed by atoms with Crippen molar-refractivity contribution in [2.45, 2.75) is 0 Å². The van der Waals surface area contributed by atoms with Crippen LogP contribution in [0.2, 0.25) is 0 Å². The minimum absolute atomic E-state index is 0.320. The van der Waals surface area contributed by atoms with Crippen LogP contribution < -0.4 is 4.74 Å². The van der Waals surface area contributed by atoms with Gasteiger partial charge in [-0.3, -0.25) is 9.63 Å². The number of amides is 1. The Balaban J connectivity index is 2.88. The molecule has 1 aromatic rings. The van der Waals surface area contributed by atoms with Crippen LogP contribution in [0, 0.1) is 5.82 Å². The normalized spacial score (nSPS) is 10.6. The van der Waals surface area contributed by atoms with Gasteiger partial charge in [0.25, 0.3) is 5.91 Å². The summed E-state index contributed by atoms with van der Waals surface area (Å²) in [4.78, 5) is 16.1. The molecule has 92 valence electrons. The molecular weight excluding hydrogens is 225 g/mol. The fraction of sp³-hybridized carbons (Fsp3) is 0.250. The number of carbonyl (C=O) groups is 1. The largest absolute Gasteiger partial charge is 0.496 e. The highest BCUT2D eigenvalue weighted by Gasteiger charge is 2.05. The van der Waals surface area contributed by atoms with Crippen LogP contribution in [0.1, 0.15) is 5.56 Å². The molecule has 5 heteroatoms. The van der Waals surface area contributed by atoms with Gasteiger partial charge >= 0.3 is 0 Å². The van der Waals surface area contributed by atoms with E-state index in [1.165, 1.54) is 51.6 Å². The van der Waals surface area contributed by atoms with Crippen molar-refractivity contribution in [1.82, 2.24) is 5.06 Å². The fourth-order valence-electron chi connectivity index (χ4n) is 1.18. The zero-order valence-corrected chi connectivity index (χ0v) is 9.94. The molecule has 0 aliphatic rings. The Kier molecular flexibility index (Phi) is 4.66. The van der Waals surface area contributed by atoms with Crippen LogP contribution >= 0.6 is 0 Å². The number of ether oxygens (including phenoxy) is 1. The van der Waals surface area contributed by atoms with Crippen molar-refractivity contribution in [2.24, 2.45) is 0 Å². The van der Waals surface area contributed by atoms with Crippen molar-refractivity contribution in [2.75, 3.05) is 21.3 Å². The number of carbonyl (C=O) groups excluding carboxylic acids is 1. The maximum absolute atomic E-state index is 12.9. The van der Waals surface area contributed by atoms with Gasteiger partial charge in [0, 0.05) is 24.8 Å². The molecule has 0 saturated carbocycles. The highest BCUT2D eigenvalue weighted by molar-refractivity contribution is 5.91. The van der Waals surface area contributed by atoms with E-state index in [1.807, 2.05) is 0 Å². The van der Waals surface area contributed by atoms with Crippen LogP contribution in [0.25, 0.3) is 6.08 Å². The maximum Gasteiger partial charge on any atom is 0.269 e. The van der Waals surface area contributed by atoms with Crippen molar-refractivity contribution < 1.29 is 18.8 Å². The lowest BCUT2D eigenvalue weighted by Gasteiger charge is -2.10. The molecule has 0 fully saturated rings. The second-order valence-corrected chi connectivity index (χ2v) is 3.24. The van der Waals surface area contributed by atoms with E-state index in [1.54, 1.807) is 0 Å². The number of hydroxylamine groups is 2. The minimum atomic E-state index is -0.390. The Morgan fingerprint density at radius 3 is 2.71 bits per heavy atom. The van der Waals surface area contributed by atoms with Gasteiger partial charge in [0.05, 0.1) is 14.2 Å². The van der Waals surface area contributed by atoms with E-state index in [0.717, 1.165) is 5.06 Å². The third kappa shape index (κ3) is 3.57. The highest BCUT2D eigenvalue weighted by atomic mass is 19.1. The van der Waals surface area contributed by atoms with E-state index in [0.29, 0.717) is 11.3 Å². The number of hydrogen-bond donors (Lipinski definition) is 0. The second kappa shape index (κ2) is 6.00. The number of hydrogen-bond acceptors (Lipinski definition) is 3. The highest BCUT2D eigenvalue weighted by Crippen LogP contribution is 2.20. The van der Waals surface area contributed by atoms with Gasteiger partial charge in [-0.15, -0.1) is 0 Å². The topological polar surface area (TPSA) is 38.8 Å². The Morgan fingerprint density at radius 1 is 1.41 bits per heavy atom. The molecule has 4 nitrogen and oxygen atoms in total. The van der Waals surface area contributed by atoms with E-state index >= 15 is 0 Å². The van der Waals surface area contributed by atoms with Gasteiger partial charge in [-0.05, 0) is 18.2 Å². The SMILES string of the molecule is COc1cc(F)ccc1/C=C/C(=O)N(C)OC. The molecule has 0 aromatic heterocycles. The molecule has 0 saturated heterocycles. The lowest BCUT2D eigenvalue weighted by atomic mass is 10.2. The number of benzene rings is 1. The number of halogens is 1. The second-order valence-electron chi connectivity index (χ2n) is 3.24. The van der Waals surface area contributed by atoms with Crippen LogP contribution in [0.3, 0.4) is 0 Å². The van der Waals surface area contributed by atoms with Gasteiger partial charge in [0.1, 0.15) is 11.6 Å². The molecule has 0 bridgehead atoms. The third-order valence-corrected chi connectivity index (χ3v) is 2.19. The first kappa shape index (κ1) is 13.2. The van der Waals surface area contributed by atoms with Crippen molar-refractivity contribution in [1.29, 1.82) is 0 Å². The molecule has 1 rings (SSSR count). The standard InChI is InChI=1S/C12H14FNO3/c1-14(17-3)12(15)7-5-9-4-6-10(13)8-11(9)16-2/h4-8H,1-3H3/b7-5+. The molecule has 0 N–H and O–H groups in total. The fourth-order valence-corrected chi connectivity index (χ4v) is 1.18. The molecule has 1 aromatic carbocycles. The molecule has 0 spiro atoms. The van der Waals surface area contributed by atoms with Crippen LogP contribution in [-0.2, 0) is 9.63 Å². The Morgan fingerprint density at radius 2 is 2.12 bits per heavy atom. The predicted molar refractivity (Wildman–Crippen MR) is 61.8 cm³/mol. The lowest BCUT2D eigenvalue weighted by molar-refractivity contribution is -0.162. The van der Waals surface area contributed by atoms with Crippen molar-refractivity contribution in [3.05, 3.63) is 35.7 Å². The summed E-state index contributed by atoms with van der Waals surface area (Å²) in [5, 5.41) is 1.08. The molecule has 0 unspecified atom stereocenters. The summed E-state index contributed by atoms with van der Waals surface area (Å²) in [5.41, 5.74) is 0.617. The lowest BCUT2D eigenvalue weighted by Crippen LogP contribution is -2.22. The molecule has 1 amide bonds. The Bertz CT molecular complexity index is 432. The molecule has 17 heavy (non-hydrogen) atoms. The van der Waals surface area contributed by atoms with E-state index in [2.05, 4.69) is 0 Å². The average Bonchev–Trinajstić information content (AvgIpc) is 2.35. The van der Waals surface area contributed by atoms with Crippen molar-refractivity contribution in [3.63, 3.8) is 0 Å². The summed E-state index contributed by atoms with van der Waals surface area (Å²) in [6.45, 7) is 0.